The number of hydrogen-bond donors (Lipinski definition) is 20. The summed E-state index contributed by atoms with van der Waals surface area (Å²) in [7, 11) is 5.15. The second-order valence-corrected chi connectivity index (χ2v) is 35.4. The molecule has 3 fully saturated rings. The molecule has 0 bridgehead atoms. The molecule has 0 radical (unpaired) electrons. The number of nitrogens with zero attached hydrogens (tertiary/aromatic N) is 6. The first-order valence-corrected chi connectivity index (χ1v) is 46.1. The lowest BCUT2D eigenvalue weighted by molar-refractivity contribution is -0.149. The number of nitrogens with two attached hydrogens (primary N) is 2. The number of aliphatic hydroxyl groups is 1. The fraction of sp³-hybridized carbons (Fsp3) is 0.522. The number of thioether (sulfide) groups is 1. The largest absolute Gasteiger partial charge is 0.508 e. The number of amides is 16. The highest BCUT2D eigenvalue weighted by Crippen LogP contribution is 2.28. The number of phenolic OH excluding ortho intramolecular Hbond substituents is 1. The molecule has 0 spiro atoms. The van der Waals surface area contributed by atoms with Crippen molar-refractivity contribution in [1.82, 2.24) is 103 Å². The first kappa shape index (κ1) is 105. The average Bonchev–Trinajstić information content (AvgIpc) is 1.75. The summed E-state index contributed by atoms with van der Waals surface area (Å²) in [4.78, 5) is 269. The first-order valence-electron chi connectivity index (χ1n) is 44.9. The number of aliphatic hydroxyl groups excluding tert-OH is 1. The number of aliphatic carboxylic acids is 1. The summed E-state index contributed by atoms with van der Waals surface area (Å²) in [5, 5.41) is 69.9. The zero-order valence-electron chi connectivity index (χ0n) is 76.8. The maximum Gasteiger partial charge on any atom is 0.305 e. The number of primary amides is 1. The molecular weight excluding hydrogens is 1770 g/mol. The number of unbranched alkanes of at least 4 members (excludes halogenated alkanes) is 1. The molecule has 732 valence electrons. The number of imidazole rings is 1. The molecule has 3 aromatic heterocycles. The van der Waals surface area contributed by atoms with E-state index >= 15 is 38.4 Å². The molecule has 45 heteroatoms. The van der Waals surface area contributed by atoms with Crippen LogP contribution in [0.2, 0.25) is 0 Å². The van der Waals surface area contributed by atoms with Crippen molar-refractivity contribution < 1.29 is 102 Å². The number of nitrogens with one attached hydrogen (secondary N) is 15. The number of likely N-dealkylation sites (N-methyl/N-ethyl adjacent to an activating group) is 3. The molecule has 135 heavy (non-hydrogen) atoms. The van der Waals surface area contributed by atoms with Gasteiger partial charge in [-0.05, 0) is 105 Å². The van der Waals surface area contributed by atoms with E-state index in [1.165, 1.54) is 76.9 Å². The number of aromatic nitrogens is 4. The van der Waals surface area contributed by atoms with Crippen LogP contribution in [0.1, 0.15) is 127 Å². The van der Waals surface area contributed by atoms with Crippen LogP contribution in [0.5, 0.6) is 5.75 Å². The molecule has 22 N–H and O–H groups in total. The number of methoxy groups -OCH3 is 1. The van der Waals surface area contributed by atoms with Crippen molar-refractivity contribution in [2.45, 2.75) is 215 Å². The predicted octanol–water partition coefficient (Wildman–Crippen LogP) is -2.45. The smallest absolute Gasteiger partial charge is 0.305 e. The number of aromatic amines is 3. The van der Waals surface area contributed by atoms with Crippen molar-refractivity contribution in [3.8, 4) is 5.75 Å². The van der Waals surface area contributed by atoms with Crippen molar-refractivity contribution in [1.29, 1.82) is 5.41 Å². The van der Waals surface area contributed by atoms with Gasteiger partial charge in [0.1, 0.15) is 90.3 Å². The van der Waals surface area contributed by atoms with Gasteiger partial charge in [0.25, 0.3) is 0 Å². The zero-order valence-corrected chi connectivity index (χ0v) is 77.6. The Hall–Kier alpha value is -13.7. The molecule has 6 heterocycles. The van der Waals surface area contributed by atoms with Gasteiger partial charge in [-0.15, -0.1) is 11.8 Å². The second-order valence-electron chi connectivity index (χ2n) is 34.3. The number of benzene rings is 3. The quantitative estimate of drug-likeness (QED) is 0.0152. The van der Waals surface area contributed by atoms with E-state index in [2.05, 4.69) is 78.4 Å². The number of rotatable bonds is 26. The summed E-state index contributed by atoms with van der Waals surface area (Å²) < 4.78 is 5.46. The Balaban J connectivity index is 1.10. The predicted molar refractivity (Wildman–Crippen MR) is 494 cm³/mol. The molecule has 0 unspecified atom stereocenters. The number of carbonyl (C=O) groups excluding carboxylic acids is 16. The summed E-state index contributed by atoms with van der Waals surface area (Å²) in [5.41, 5.74) is 14.1. The number of H-pyrrole nitrogens is 3. The van der Waals surface area contributed by atoms with E-state index in [-0.39, 0.29) is 121 Å². The number of para-hydroxylation sites is 2. The third-order valence-electron chi connectivity index (χ3n) is 24.0. The monoisotopic (exact) mass is 1900 g/mol. The zero-order chi connectivity index (χ0) is 98.4. The van der Waals surface area contributed by atoms with Gasteiger partial charge in [0.05, 0.1) is 31.7 Å². The average molecular weight is 1900 g/mol. The summed E-state index contributed by atoms with van der Waals surface area (Å²) in [6, 6.07) is -2.12. The molecule has 16 amide bonds. The van der Waals surface area contributed by atoms with Crippen molar-refractivity contribution in [3.63, 3.8) is 0 Å². The molecule has 3 aliphatic heterocycles. The van der Waals surface area contributed by atoms with Gasteiger partial charge in [-0.25, -0.2) is 4.98 Å². The second kappa shape index (κ2) is 50.4. The topological polar surface area (TPSA) is 645 Å². The van der Waals surface area contributed by atoms with Crippen molar-refractivity contribution in [2.75, 3.05) is 79.2 Å². The van der Waals surface area contributed by atoms with Crippen LogP contribution in [0.25, 0.3) is 21.8 Å². The Kier molecular flexibility index (Phi) is 39.2. The molecule has 3 aromatic carbocycles. The minimum atomic E-state index is -1.89. The molecule has 3 saturated heterocycles. The lowest BCUT2D eigenvalue weighted by Gasteiger charge is -2.36. The number of carboxylic acid groups (broad SMARTS) is 1. The first-order chi connectivity index (χ1) is 64.4. The van der Waals surface area contributed by atoms with Crippen LogP contribution < -0.4 is 70.0 Å². The van der Waals surface area contributed by atoms with E-state index in [9.17, 15) is 58.5 Å². The maximum atomic E-state index is 15.7. The minimum absolute atomic E-state index is 0.0109. The SMILES string of the molecule is CCCC[C@H]1C(=O)N(C)[C@@H](CCOC)C(=O)N[C@@H](CCCNC(=N)N)C(=O)N[C@H](C(=O)NCC(N)=O)CSCC(=O)N[C@@H](Cc2ccc(O)cc2)C(=O)N(C)[C@@H](C)C(=O)N[C@@H](CC(=O)O)C(=O)N2CCC[C@H]2C(=O)N[C@@H](Cc2cnc[nH]2)C(=O)N[C@@H](CC(C)C)C(=O)N2CCC[C@H]2C(=O)N[C@@H](Cc2c[nH]c3ccccc23)C(=O)N[C@@H](CO)C(=O)N[C@@H](Cc2c[nH]c3ccccc23)C(=O)N1C. The highest BCUT2D eigenvalue weighted by molar-refractivity contribution is 8.00. The summed E-state index contributed by atoms with van der Waals surface area (Å²) in [6.07, 6.45) is 4.55. The highest BCUT2D eigenvalue weighted by atomic mass is 32.2. The normalized spacial score (nSPS) is 24.2. The Labute approximate surface area is 783 Å². The van der Waals surface area contributed by atoms with Gasteiger partial charge in [0, 0.05) is 138 Å². The number of phenols is 1. The molecule has 0 aliphatic carbocycles. The van der Waals surface area contributed by atoms with E-state index in [1.807, 2.05) is 6.92 Å². The Morgan fingerprint density at radius 2 is 1.10 bits per heavy atom. The van der Waals surface area contributed by atoms with Crippen molar-refractivity contribution in [3.05, 3.63) is 120 Å². The van der Waals surface area contributed by atoms with E-state index in [4.69, 9.17) is 21.6 Å². The van der Waals surface area contributed by atoms with Gasteiger partial charge in [-0.3, -0.25) is 86.9 Å². The van der Waals surface area contributed by atoms with E-state index in [0.717, 1.165) is 31.4 Å². The van der Waals surface area contributed by atoms with E-state index < -0.39 is 222 Å². The van der Waals surface area contributed by atoms with Crippen LogP contribution in [0.4, 0.5) is 0 Å². The van der Waals surface area contributed by atoms with Gasteiger partial charge >= 0.3 is 5.97 Å². The molecule has 44 nitrogen and oxygen atoms in total. The third-order valence-corrected chi connectivity index (χ3v) is 25.1. The highest BCUT2D eigenvalue weighted by Gasteiger charge is 2.46. The van der Waals surface area contributed by atoms with Crippen molar-refractivity contribution >= 4 is 140 Å². The lowest BCUT2D eigenvalue weighted by Crippen LogP contribution is -2.62. The van der Waals surface area contributed by atoms with Crippen LogP contribution >= 0.6 is 11.8 Å². The molecule has 6 aromatic rings. The summed E-state index contributed by atoms with van der Waals surface area (Å²) >= 11 is 0.742. The fourth-order valence-electron chi connectivity index (χ4n) is 16.6. The van der Waals surface area contributed by atoms with E-state index in [0.29, 0.717) is 57.0 Å². The van der Waals surface area contributed by atoms with E-state index in [1.54, 1.807) is 74.8 Å². The minimum Gasteiger partial charge on any atom is -0.508 e. The van der Waals surface area contributed by atoms with Crippen LogP contribution in [0, 0.1) is 11.3 Å². The molecule has 3 aliphatic rings. The Morgan fingerprint density at radius 3 is 1.66 bits per heavy atom. The maximum absolute atomic E-state index is 15.7. The molecular formula is C90H125N23O21S. The molecule has 14 atom stereocenters. The number of hydrogen-bond acceptors (Lipinski definition) is 23. The number of guanidine groups is 1. The number of ether oxygens (including phenoxy) is 1. The van der Waals surface area contributed by atoms with Crippen molar-refractivity contribution in [2.24, 2.45) is 17.4 Å². The number of fused-ring (bicyclic) bond motifs is 4. The van der Waals surface area contributed by atoms with Gasteiger partial charge < -0.3 is 129 Å². The van der Waals surface area contributed by atoms with Gasteiger partial charge in [0.2, 0.25) is 94.5 Å². The fourth-order valence-corrected chi connectivity index (χ4v) is 17.4. The number of carboxylic acids is 1. The van der Waals surface area contributed by atoms with Crippen LogP contribution in [-0.4, -0.2) is 330 Å². The van der Waals surface area contributed by atoms with Gasteiger partial charge in [0.15, 0.2) is 5.96 Å². The van der Waals surface area contributed by atoms with Crippen LogP contribution in [0.15, 0.2) is 97.7 Å². The van der Waals surface area contributed by atoms with Crippen LogP contribution in [-0.2, 0) is 112 Å². The van der Waals surface area contributed by atoms with Crippen LogP contribution in [0.3, 0.4) is 0 Å². The summed E-state index contributed by atoms with van der Waals surface area (Å²) in [6.45, 7) is 4.45. The molecule has 9 rings (SSSR count). The van der Waals surface area contributed by atoms with Gasteiger partial charge in [-0.1, -0.05) is 82.1 Å². The Morgan fingerprint density at radius 1 is 0.570 bits per heavy atom. The summed E-state index contributed by atoms with van der Waals surface area (Å²) in [5.74, 6) is -18.5. The third kappa shape index (κ3) is 29.4. The lowest BCUT2D eigenvalue weighted by atomic mass is 10.00. The van der Waals surface area contributed by atoms with Gasteiger partial charge in [-0.2, -0.15) is 0 Å². The standard InChI is InChI=1S/C90H125N23O21S/c1-9-10-23-72-89(133)110(6)69(30-34-134-8)82(126)101-60(22-15-31-95-90(92)93)78(122)108-68(77(121)98-44-73(91)116)46-135-47-74(117)100-64(36-51-26-28-55(115)29-27-51)85(129)109(5)50(4)76(120)104-66(40-75(118)119)88(132)113-33-17-25-71(113)84(128)103-62(39-54-43-94-48-99-54)80(124)105-63(35-49(2)3)87(131)112-32-16-24-70(112)83(127)102-61(37-52-41-96-58-20-13-11-18-56(52)58)79(123)107-67(45-114)81(125)106-65(86(130)111(72)7)38-53-42-97-59-21-14-12-19-57(53)59/h11-14,18-21,26-29,41-43,48-50,60-72,96-97,114-115H,9-10,15-17,22-25,30-40,44-47H2,1-8H3,(H2,91,116)(H,94,99)(H,98,121)(H,100,117)(H,101,126)(H,102,127)(H,103,128)(H,104,120)(H,105,124)(H,106,125)(H,107,123)(H,108,122)(H,118,119)(H4,92,93,95)/t50-,60-,61-,62-,63-,64-,65-,66-,67-,68-,69-,70-,71-,72-/m0/s1. The Bertz CT molecular complexity index is 5210. The molecule has 0 saturated carbocycles. The number of aromatic hydroxyl groups is 1. The number of carbonyl (C=O) groups is 17.